The van der Waals surface area contributed by atoms with Crippen molar-refractivity contribution in [2.45, 2.75) is 26.7 Å². The summed E-state index contributed by atoms with van der Waals surface area (Å²) in [6.45, 7) is 4.30. The molecule has 0 saturated carbocycles. The first kappa shape index (κ1) is 10.4. The lowest BCUT2D eigenvalue weighted by Gasteiger charge is -1.96. The third kappa shape index (κ3) is 2.45. The number of aryl methyl sites for hydroxylation is 2. The molecule has 0 aliphatic rings. The predicted molar refractivity (Wildman–Crippen MR) is 66.3 cm³/mol. The van der Waals surface area contributed by atoms with E-state index in [1.807, 2.05) is 6.20 Å². The number of hydrogen-bond donors (Lipinski definition) is 0. The second-order valence-electron chi connectivity index (χ2n) is 3.73. The zero-order valence-electron chi connectivity index (χ0n) is 9.16. The lowest BCUT2D eigenvalue weighted by Crippen LogP contribution is -1.76. The first-order valence-electron chi connectivity index (χ1n) is 5.31. The Morgan fingerprint density at radius 1 is 1.20 bits per heavy atom. The second kappa shape index (κ2) is 4.58. The van der Waals surface area contributed by atoms with Crippen molar-refractivity contribution >= 4 is 11.3 Å². The zero-order valence-corrected chi connectivity index (χ0v) is 9.97. The van der Waals surface area contributed by atoms with Crippen LogP contribution in [0.4, 0.5) is 0 Å². The fraction of sp³-hybridized carbons (Fsp3) is 0.308. The van der Waals surface area contributed by atoms with E-state index in [1.54, 1.807) is 11.3 Å². The van der Waals surface area contributed by atoms with Crippen LogP contribution in [0.25, 0.3) is 10.4 Å². The molecule has 0 aliphatic carbocycles. The molecule has 0 unspecified atom stereocenters. The lowest BCUT2D eigenvalue weighted by atomic mass is 10.1. The fourth-order valence-electron chi connectivity index (χ4n) is 1.49. The molecule has 0 radical (unpaired) electrons. The Hall–Kier alpha value is -1.15. The quantitative estimate of drug-likeness (QED) is 0.755. The third-order valence-corrected chi connectivity index (χ3v) is 3.46. The van der Waals surface area contributed by atoms with Gasteiger partial charge in [-0.25, -0.2) is 4.98 Å². The lowest BCUT2D eigenvalue weighted by molar-refractivity contribution is 0.909. The summed E-state index contributed by atoms with van der Waals surface area (Å²) in [6.07, 6.45) is 4.25. The summed E-state index contributed by atoms with van der Waals surface area (Å²) in [5.74, 6) is 0. The molecule has 0 spiro atoms. The fourth-order valence-corrected chi connectivity index (χ4v) is 2.52. The molecular formula is C13H15NS. The van der Waals surface area contributed by atoms with Gasteiger partial charge in [-0.2, -0.15) is 0 Å². The first-order chi connectivity index (χ1) is 7.29. The summed E-state index contributed by atoms with van der Waals surface area (Å²) in [4.78, 5) is 5.70. The maximum atomic E-state index is 4.42. The van der Waals surface area contributed by atoms with Gasteiger partial charge in [0.25, 0.3) is 0 Å². The maximum absolute atomic E-state index is 4.42. The minimum absolute atomic E-state index is 1.09. The van der Waals surface area contributed by atoms with Crippen molar-refractivity contribution in [3.63, 3.8) is 0 Å². The molecule has 1 heterocycles. The highest BCUT2D eigenvalue weighted by atomic mass is 32.1. The summed E-state index contributed by atoms with van der Waals surface area (Å²) < 4.78 is 0. The molecular weight excluding hydrogens is 202 g/mol. The first-order valence-corrected chi connectivity index (χ1v) is 6.13. The molecule has 2 aromatic rings. The van der Waals surface area contributed by atoms with Crippen molar-refractivity contribution in [3.05, 3.63) is 41.0 Å². The second-order valence-corrected chi connectivity index (χ2v) is 4.85. The number of benzene rings is 1. The highest BCUT2D eigenvalue weighted by Crippen LogP contribution is 2.26. The number of nitrogens with zero attached hydrogens (tertiary/aromatic N) is 1. The predicted octanol–water partition coefficient (Wildman–Crippen LogP) is 4.07. The van der Waals surface area contributed by atoms with Gasteiger partial charge in [0.2, 0.25) is 0 Å². The maximum Gasteiger partial charge on any atom is 0.0931 e. The van der Waals surface area contributed by atoms with Crippen molar-refractivity contribution in [1.82, 2.24) is 4.98 Å². The minimum atomic E-state index is 1.09. The van der Waals surface area contributed by atoms with Crippen molar-refractivity contribution in [3.8, 4) is 10.4 Å². The van der Waals surface area contributed by atoms with Crippen LogP contribution < -0.4 is 0 Å². The molecule has 0 bridgehead atoms. The van der Waals surface area contributed by atoms with Crippen molar-refractivity contribution in [2.24, 2.45) is 0 Å². The van der Waals surface area contributed by atoms with Crippen molar-refractivity contribution in [1.29, 1.82) is 0 Å². The van der Waals surface area contributed by atoms with Crippen LogP contribution in [0.1, 0.15) is 23.9 Å². The molecule has 0 fully saturated rings. The van der Waals surface area contributed by atoms with Gasteiger partial charge in [0.15, 0.2) is 0 Å². The number of aromatic nitrogens is 1. The SMILES string of the molecule is CCCc1ncc(-c2ccc(C)cc2)s1. The van der Waals surface area contributed by atoms with Crippen LogP contribution in [-0.4, -0.2) is 4.98 Å². The number of rotatable bonds is 3. The van der Waals surface area contributed by atoms with Crippen LogP contribution in [0, 0.1) is 6.92 Å². The molecule has 2 rings (SSSR count). The van der Waals surface area contributed by atoms with Gasteiger partial charge in [0.05, 0.1) is 9.88 Å². The van der Waals surface area contributed by atoms with Gasteiger partial charge in [0.1, 0.15) is 0 Å². The molecule has 0 N–H and O–H groups in total. The van der Waals surface area contributed by atoms with E-state index < -0.39 is 0 Å². The normalized spacial score (nSPS) is 10.5. The molecule has 0 amide bonds. The smallest absolute Gasteiger partial charge is 0.0931 e. The van der Waals surface area contributed by atoms with E-state index in [4.69, 9.17) is 0 Å². The van der Waals surface area contributed by atoms with E-state index in [2.05, 4.69) is 43.1 Å². The van der Waals surface area contributed by atoms with Gasteiger partial charge >= 0.3 is 0 Å². The highest BCUT2D eigenvalue weighted by Gasteiger charge is 2.03. The Morgan fingerprint density at radius 3 is 2.60 bits per heavy atom. The third-order valence-electron chi connectivity index (χ3n) is 2.35. The van der Waals surface area contributed by atoms with E-state index >= 15 is 0 Å². The van der Waals surface area contributed by atoms with E-state index in [9.17, 15) is 0 Å². The highest BCUT2D eigenvalue weighted by molar-refractivity contribution is 7.15. The molecule has 1 aromatic carbocycles. The summed E-state index contributed by atoms with van der Waals surface area (Å²) in [6, 6.07) is 8.63. The Bertz CT molecular complexity index is 428. The average molecular weight is 217 g/mol. The molecule has 0 saturated heterocycles. The Labute approximate surface area is 94.8 Å². The van der Waals surface area contributed by atoms with E-state index in [-0.39, 0.29) is 0 Å². The standard InChI is InChI=1S/C13H15NS/c1-3-4-13-14-9-12(15-13)11-7-5-10(2)6-8-11/h5-9H,3-4H2,1-2H3. The Kier molecular flexibility index (Phi) is 3.17. The number of hydrogen-bond acceptors (Lipinski definition) is 2. The van der Waals surface area contributed by atoms with Gasteiger partial charge in [-0.1, -0.05) is 36.8 Å². The molecule has 0 atom stereocenters. The molecule has 1 aromatic heterocycles. The summed E-state index contributed by atoms with van der Waals surface area (Å²) in [7, 11) is 0. The van der Waals surface area contributed by atoms with Gasteiger partial charge in [-0.15, -0.1) is 11.3 Å². The van der Waals surface area contributed by atoms with Crippen LogP contribution in [0.3, 0.4) is 0 Å². The molecule has 78 valence electrons. The van der Waals surface area contributed by atoms with Crippen LogP contribution >= 0.6 is 11.3 Å². The van der Waals surface area contributed by atoms with Crippen molar-refractivity contribution in [2.75, 3.05) is 0 Å². The molecule has 1 nitrogen and oxygen atoms in total. The average Bonchev–Trinajstić information content (AvgIpc) is 2.68. The summed E-state index contributed by atoms with van der Waals surface area (Å²) in [5, 5.41) is 1.24. The zero-order chi connectivity index (χ0) is 10.7. The molecule has 15 heavy (non-hydrogen) atoms. The van der Waals surface area contributed by atoms with E-state index in [0.717, 1.165) is 6.42 Å². The van der Waals surface area contributed by atoms with Crippen LogP contribution in [0.15, 0.2) is 30.5 Å². The van der Waals surface area contributed by atoms with Crippen LogP contribution in [0.2, 0.25) is 0 Å². The number of thiazole rings is 1. The van der Waals surface area contributed by atoms with E-state index in [1.165, 1.54) is 27.4 Å². The largest absolute Gasteiger partial charge is 0.249 e. The van der Waals surface area contributed by atoms with E-state index in [0.29, 0.717) is 0 Å². The minimum Gasteiger partial charge on any atom is -0.249 e. The van der Waals surface area contributed by atoms with Gasteiger partial charge < -0.3 is 0 Å². The Morgan fingerprint density at radius 2 is 1.93 bits per heavy atom. The molecule has 0 aliphatic heterocycles. The van der Waals surface area contributed by atoms with Crippen LogP contribution in [0.5, 0.6) is 0 Å². The summed E-state index contributed by atoms with van der Waals surface area (Å²) >= 11 is 1.81. The van der Waals surface area contributed by atoms with Gasteiger partial charge in [0, 0.05) is 6.20 Å². The monoisotopic (exact) mass is 217 g/mol. The van der Waals surface area contributed by atoms with Crippen LogP contribution in [-0.2, 0) is 6.42 Å². The van der Waals surface area contributed by atoms with Gasteiger partial charge in [-0.05, 0) is 25.3 Å². The topological polar surface area (TPSA) is 12.9 Å². The summed E-state index contributed by atoms with van der Waals surface area (Å²) in [5.41, 5.74) is 2.58. The van der Waals surface area contributed by atoms with Gasteiger partial charge in [-0.3, -0.25) is 0 Å². The Balaban J connectivity index is 2.25. The van der Waals surface area contributed by atoms with Crippen molar-refractivity contribution < 1.29 is 0 Å². The molecule has 2 heteroatoms.